The maximum atomic E-state index is 11.0. The number of rotatable bonds is 5. The van der Waals surface area contributed by atoms with E-state index in [0.29, 0.717) is 0 Å². The van der Waals surface area contributed by atoms with Gasteiger partial charge in [-0.25, -0.2) is 0 Å². The van der Waals surface area contributed by atoms with E-state index in [-0.39, 0.29) is 18.4 Å². The Labute approximate surface area is 109 Å². The summed E-state index contributed by atoms with van der Waals surface area (Å²) in [7, 11) is 0. The average Bonchev–Trinajstić information content (AvgIpc) is 2.30. The number of nitrogens with two attached hydrogens (primary N) is 1. The first-order valence-corrected chi connectivity index (χ1v) is 6.41. The number of benzene rings is 1. The minimum absolute atomic E-state index is 0.0956. The van der Waals surface area contributed by atoms with Gasteiger partial charge in [-0.15, -0.1) is 0 Å². The SMILES string of the molecule is CCC(N)C(CC(=O)O)c1cc(C)c(C)cc1C. The Hall–Kier alpha value is -1.35. The lowest BCUT2D eigenvalue weighted by Crippen LogP contribution is -2.30. The lowest BCUT2D eigenvalue weighted by atomic mass is 9.83. The van der Waals surface area contributed by atoms with Crippen LogP contribution in [0, 0.1) is 20.8 Å². The van der Waals surface area contributed by atoms with E-state index < -0.39 is 5.97 Å². The first-order chi connectivity index (χ1) is 8.36. The lowest BCUT2D eigenvalue weighted by molar-refractivity contribution is -0.137. The molecule has 18 heavy (non-hydrogen) atoms. The number of aliphatic carboxylic acids is 1. The standard InChI is InChI=1S/C15H23NO2/c1-5-14(16)13(8-15(17)18)12-7-10(3)9(2)6-11(12)4/h6-7,13-14H,5,8,16H2,1-4H3,(H,17,18). The molecular weight excluding hydrogens is 226 g/mol. The van der Waals surface area contributed by atoms with Gasteiger partial charge in [0.25, 0.3) is 0 Å². The number of hydrogen-bond donors (Lipinski definition) is 2. The van der Waals surface area contributed by atoms with Crippen LogP contribution >= 0.6 is 0 Å². The molecule has 0 radical (unpaired) electrons. The van der Waals surface area contributed by atoms with Crippen molar-refractivity contribution in [2.24, 2.45) is 5.73 Å². The van der Waals surface area contributed by atoms with Crippen molar-refractivity contribution < 1.29 is 9.90 Å². The third-order valence-corrected chi connectivity index (χ3v) is 3.66. The molecule has 0 saturated carbocycles. The van der Waals surface area contributed by atoms with E-state index >= 15 is 0 Å². The molecule has 0 heterocycles. The Morgan fingerprint density at radius 2 is 1.78 bits per heavy atom. The van der Waals surface area contributed by atoms with Crippen molar-refractivity contribution in [3.05, 3.63) is 34.4 Å². The second-order valence-electron chi connectivity index (χ2n) is 5.07. The predicted molar refractivity (Wildman–Crippen MR) is 73.9 cm³/mol. The maximum Gasteiger partial charge on any atom is 0.304 e. The molecule has 0 bridgehead atoms. The van der Waals surface area contributed by atoms with Crippen molar-refractivity contribution in [1.29, 1.82) is 0 Å². The molecule has 2 unspecified atom stereocenters. The molecule has 0 saturated heterocycles. The van der Waals surface area contributed by atoms with Crippen LogP contribution in [-0.4, -0.2) is 17.1 Å². The summed E-state index contributed by atoms with van der Waals surface area (Å²) in [6.07, 6.45) is 0.878. The van der Waals surface area contributed by atoms with Crippen molar-refractivity contribution in [2.75, 3.05) is 0 Å². The number of aryl methyl sites for hydroxylation is 3. The molecule has 1 aromatic carbocycles. The molecule has 0 amide bonds. The fraction of sp³-hybridized carbons (Fsp3) is 0.533. The highest BCUT2D eigenvalue weighted by Gasteiger charge is 2.23. The van der Waals surface area contributed by atoms with Gasteiger partial charge < -0.3 is 10.8 Å². The van der Waals surface area contributed by atoms with E-state index in [1.165, 1.54) is 11.1 Å². The van der Waals surface area contributed by atoms with Gasteiger partial charge in [-0.3, -0.25) is 4.79 Å². The fourth-order valence-corrected chi connectivity index (χ4v) is 2.35. The summed E-state index contributed by atoms with van der Waals surface area (Å²) in [6.45, 7) is 8.14. The van der Waals surface area contributed by atoms with Crippen LogP contribution in [0.1, 0.15) is 47.9 Å². The Morgan fingerprint density at radius 1 is 1.22 bits per heavy atom. The molecule has 1 aromatic rings. The summed E-state index contributed by atoms with van der Waals surface area (Å²) in [5.41, 5.74) is 10.7. The van der Waals surface area contributed by atoms with Gasteiger partial charge in [-0.1, -0.05) is 19.1 Å². The van der Waals surface area contributed by atoms with Gasteiger partial charge in [-0.2, -0.15) is 0 Å². The molecule has 2 atom stereocenters. The quantitative estimate of drug-likeness (QED) is 0.843. The van der Waals surface area contributed by atoms with E-state index in [4.69, 9.17) is 10.8 Å². The van der Waals surface area contributed by atoms with Crippen LogP contribution < -0.4 is 5.73 Å². The van der Waals surface area contributed by atoms with Gasteiger partial charge in [-0.05, 0) is 49.4 Å². The van der Waals surface area contributed by atoms with E-state index in [2.05, 4.69) is 19.1 Å². The zero-order valence-electron chi connectivity index (χ0n) is 11.7. The molecule has 0 aliphatic carbocycles. The highest BCUT2D eigenvalue weighted by atomic mass is 16.4. The predicted octanol–water partition coefficient (Wildman–Crippen LogP) is 2.91. The minimum Gasteiger partial charge on any atom is -0.481 e. The van der Waals surface area contributed by atoms with Crippen LogP contribution in [0.3, 0.4) is 0 Å². The van der Waals surface area contributed by atoms with E-state index in [1.54, 1.807) is 0 Å². The van der Waals surface area contributed by atoms with Gasteiger partial charge >= 0.3 is 5.97 Å². The summed E-state index contributed by atoms with van der Waals surface area (Å²) >= 11 is 0. The van der Waals surface area contributed by atoms with E-state index in [9.17, 15) is 4.79 Å². The van der Waals surface area contributed by atoms with Crippen LogP contribution in [0.25, 0.3) is 0 Å². The number of carboxylic acids is 1. The monoisotopic (exact) mass is 249 g/mol. The van der Waals surface area contributed by atoms with Crippen molar-refractivity contribution in [2.45, 2.75) is 52.5 Å². The van der Waals surface area contributed by atoms with Crippen molar-refractivity contribution >= 4 is 5.97 Å². The minimum atomic E-state index is -0.790. The normalized spacial score (nSPS) is 14.3. The average molecular weight is 249 g/mol. The van der Waals surface area contributed by atoms with Crippen molar-refractivity contribution in [3.63, 3.8) is 0 Å². The Kier molecular flexibility index (Phi) is 4.91. The number of carboxylic acid groups (broad SMARTS) is 1. The van der Waals surface area contributed by atoms with E-state index in [1.807, 2.05) is 20.8 Å². The summed E-state index contributed by atoms with van der Waals surface area (Å²) in [6, 6.07) is 4.09. The molecule has 0 spiro atoms. The van der Waals surface area contributed by atoms with Crippen LogP contribution in [0.15, 0.2) is 12.1 Å². The molecule has 3 N–H and O–H groups in total. The van der Waals surface area contributed by atoms with Crippen LogP contribution in [0.2, 0.25) is 0 Å². The maximum absolute atomic E-state index is 11.0. The summed E-state index contributed by atoms with van der Waals surface area (Å²) < 4.78 is 0. The Morgan fingerprint density at radius 3 is 2.28 bits per heavy atom. The summed E-state index contributed by atoms with van der Waals surface area (Å²) in [5, 5.41) is 9.05. The Bertz CT molecular complexity index is 440. The highest BCUT2D eigenvalue weighted by Crippen LogP contribution is 2.29. The molecule has 3 nitrogen and oxygen atoms in total. The highest BCUT2D eigenvalue weighted by molar-refractivity contribution is 5.68. The molecule has 1 rings (SSSR count). The van der Waals surface area contributed by atoms with Crippen LogP contribution in [-0.2, 0) is 4.79 Å². The smallest absolute Gasteiger partial charge is 0.304 e. The zero-order chi connectivity index (χ0) is 13.9. The van der Waals surface area contributed by atoms with E-state index in [0.717, 1.165) is 17.5 Å². The topological polar surface area (TPSA) is 63.3 Å². The van der Waals surface area contributed by atoms with Gasteiger partial charge in [0.2, 0.25) is 0 Å². The zero-order valence-corrected chi connectivity index (χ0v) is 11.7. The largest absolute Gasteiger partial charge is 0.481 e. The number of carbonyl (C=O) groups is 1. The van der Waals surface area contributed by atoms with Gasteiger partial charge in [0.15, 0.2) is 0 Å². The van der Waals surface area contributed by atoms with Crippen LogP contribution in [0.4, 0.5) is 0 Å². The second kappa shape index (κ2) is 6.01. The van der Waals surface area contributed by atoms with Gasteiger partial charge in [0.1, 0.15) is 0 Å². The number of hydrogen-bond acceptors (Lipinski definition) is 2. The fourth-order valence-electron chi connectivity index (χ4n) is 2.35. The van der Waals surface area contributed by atoms with Crippen LogP contribution in [0.5, 0.6) is 0 Å². The summed E-state index contributed by atoms with van der Waals surface area (Å²) in [4.78, 5) is 11.0. The molecule has 0 fully saturated rings. The third-order valence-electron chi connectivity index (χ3n) is 3.66. The van der Waals surface area contributed by atoms with Crippen molar-refractivity contribution in [3.8, 4) is 0 Å². The van der Waals surface area contributed by atoms with Gasteiger partial charge in [0.05, 0.1) is 6.42 Å². The first-order valence-electron chi connectivity index (χ1n) is 6.41. The molecule has 3 heteroatoms. The summed E-state index contributed by atoms with van der Waals surface area (Å²) in [5.74, 6) is -0.895. The molecule has 0 aromatic heterocycles. The van der Waals surface area contributed by atoms with Gasteiger partial charge in [0, 0.05) is 12.0 Å². The second-order valence-corrected chi connectivity index (χ2v) is 5.07. The molecule has 0 aliphatic heterocycles. The molecule has 0 aliphatic rings. The first kappa shape index (κ1) is 14.7. The molecule has 100 valence electrons. The third kappa shape index (κ3) is 3.33. The molecular formula is C15H23NO2. The van der Waals surface area contributed by atoms with Crippen molar-refractivity contribution in [1.82, 2.24) is 0 Å². The lowest BCUT2D eigenvalue weighted by Gasteiger charge is -2.24. The Balaban J connectivity index is 3.19.